The Bertz CT molecular complexity index is 1700. The standard InChI is InChI=1S/C69H134O17P2/c1-6-9-12-15-18-20-21-22-24-28-31-34-39-43-48-53-67(72)80-59-65(86-69(74)55-50-45-40-35-32-29-26-23-25-27-30-33-37-41-46-51-62(4)5)61-84-88(77,78)82-57-63(70)56-81-87(75,76)83-60-64(58-79-66(71)52-47-42-36-17-14-11-8-3)85-68(73)54-49-44-38-19-16-13-10-7-2/h62-65,70H,6-61H2,1-5H3,(H,75,76)(H,77,78)/t63-,64+,65+/m0/s1. The van der Waals surface area contributed by atoms with Crippen LogP contribution in [0.1, 0.15) is 356 Å². The van der Waals surface area contributed by atoms with E-state index in [-0.39, 0.29) is 25.7 Å². The maximum atomic E-state index is 13.0. The molecule has 19 heteroatoms. The first-order chi connectivity index (χ1) is 42.5. The van der Waals surface area contributed by atoms with Gasteiger partial charge in [-0.3, -0.25) is 37.3 Å². The molecule has 0 aromatic heterocycles. The van der Waals surface area contributed by atoms with E-state index in [1.807, 2.05) is 0 Å². The second-order valence-electron chi connectivity index (χ2n) is 25.4. The summed E-state index contributed by atoms with van der Waals surface area (Å²) in [6.45, 7) is 7.20. The van der Waals surface area contributed by atoms with Crippen molar-refractivity contribution in [2.45, 2.75) is 374 Å². The van der Waals surface area contributed by atoms with Crippen LogP contribution in [0.25, 0.3) is 0 Å². The minimum atomic E-state index is -4.95. The Morgan fingerprint density at radius 3 is 0.773 bits per heavy atom. The number of carbonyl (C=O) groups excluding carboxylic acids is 4. The first kappa shape index (κ1) is 86.1. The molecule has 0 rings (SSSR count). The zero-order valence-electron chi connectivity index (χ0n) is 56.9. The molecular weight excluding hydrogens is 1160 g/mol. The summed E-state index contributed by atoms with van der Waals surface area (Å²) in [6, 6.07) is 0. The molecular formula is C69H134O17P2. The molecule has 0 heterocycles. The van der Waals surface area contributed by atoms with E-state index in [0.717, 1.165) is 115 Å². The van der Waals surface area contributed by atoms with Crippen LogP contribution in [0.15, 0.2) is 0 Å². The summed E-state index contributed by atoms with van der Waals surface area (Å²) in [6.07, 6.45) is 48.8. The highest BCUT2D eigenvalue weighted by atomic mass is 31.2. The molecule has 0 spiro atoms. The number of hydrogen-bond acceptors (Lipinski definition) is 15. The molecule has 0 saturated carbocycles. The number of ether oxygens (including phenoxy) is 4. The lowest BCUT2D eigenvalue weighted by atomic mass is 10.0. The predicted molar refractivity (Wildman–Crippen MR) is 354 cm³/mol. The van der Waals surface area contributed by atoms with Gasteiger partial charge in [-0.15, -0.1) is 0 Å². The van der Waals surface area contributed by atoms with Gasteiger partial charge in [0.05, 0.1) is 26.4 Å². The van der Waals surface area contributed by atoms with Crippen LogP contribution in [0, 0.1) is 5.92 Å². The number of carbonyl (C=O) groups is 4. The Morgan fingerprint density at radius 1 is 0.307 bits per heavy atom. The summed E-state index contributed by atoms with van der Waals surface area (Å²) in [7, 11) is -9.89. The number of unbranched alkanes of at least 4 members (excludes halogenated alkanes) is 41. The number of phosphoric ester groups is 2. The van der Waals surface area contributed by atoms with Crippen LogP contribution < -0.4 is 0 Å². The van der Waals surface area contributed by atoms with Crippen molar-refractivity contribution in [1.29, 1.82) is 0 Å². The number of aliphatic hydroxyl groups is 1. The summed E-state index contributed by atoms with van der Waals surface area (Å²) in [5.74, 6) is -1.33. The number of phosphoric acid groups is 2. The summed E-state index contributed by atoms with van der Waals surface area (Å²) in [5.41, 5.74) is 0. The third-order valence-electron chi connectivity index (χ3n) is 16.0. The van der Waals surface area contributed by atoms with Gasteiger partial charge >= 0.3 is 39.5 Å². The molecule has 88 heavy (non-hydrogen) atoms. The highest BCUT2D eigenvalue weighted by Gasteiger charge is 2.30. The van der Waals surface area contributed by atoms with Gasteiger partial charge in [0.2, 0.25) is 0 Å². The van der Waals surface area contributed by atoms with E-state index in [9.17, 15) is 43.2 Å². The molecule has 0 bridgehead atoms. The number of hydrogen-bond donors (Lipinski definition) is 3. The van der Waals surface area contributed by atoms with Crippen molar-refractivity contribution in [2.75, 3.05) is 39.6 Å². The molecule has 5 atom stereocenters. The first-order valence-corrected chi connectivity index (χ1v) is 39.1. The normalized spacial score (nSPS) is 14.1. The number of esters is 4. The van der Waals surface area contributed by atoms with Gasteiger partial charge in [-0.1, -0.05) is 304 Å². The summed E-state index contributed by atoms with van der Waals surface area (Å²) < 4.78 is 68.0. The van der Waals surface area contributed by atoms with E-state index < -0.39 is 97.5 Å². The smallest absolute Gasteiger partial charge is 0.462 e. The molecule has 0 aromatic rings. The third kappa shape index (κ3) is 62.8. The van der Waals surface area contributed by atoms with Gasteiger partial charge in [0.25, 0.3) is 0 Å². The van der Waals surface area contributed by atoms with Crippen LogP contribution in [-0.4, -0.2) is 96.7 Å². The van der Waals surface area contributed by atoms with E-state index in [4.69, 9.17) is 37.0 Å². The molecule has 0 aliphatic rings. The lowest BCUT2D eigenvalue weighted by Gasteiger charge is -2.21. The molecule has 0 radical (unpaired) electrons. The number of aliphatic hydroxyl groups excluding tert-OH is 1. The average molecular weight is 1300 g/mol. The van der Waals surface area contributed by atoms with Gasteiger partial charge < -0.3 is 33.8 Å². The molecule has 0 saturated heterocycles. The van der Waals surface area contributed by atoms with Crippen LogP contribution in [-0.2, 0) is 65.4 Å². The largest absolute Gasteiger partial charge is 0.472 e. The van der Waals surface area contributed by atoms with Crippen molar-refractivity contribution in [3.05, 3.63) is 0 Å². The van der Waals surface area contributed by atoms with E-state index in [0.29, 0.717) is 25.7 Å². The Kier molecular flexibility index (Phi) is 61.1. The van der Waals surface area contributed by atoms with Gasteiger partial charge in [-0.2, -0.15) is 0 Å². The fourth-order valence-electron chi connectivity index (χ4n) is 10.5. The quantitative estimate of drug-likeness (QED) is 0.0222. The van der Waals surface area contributed by atoms with Crippen LogP contribution >= 0.6 is 15.6 Å². The van der Waals surface area contributed by atoms with Crippen molar-refractivity contribution in [1.82, 2.24) is 0 Å². The number of rotatable bonds is 69. The first-order valence-electron chi connectivity index (χ1n) is 36.1. The van der Waals surface area contributed by atoms with Crippen LogP contribution in [0.5, 0.6) is 0 Å². The average Bonchev–Trinajstić information content (AvgIpc) is 3.61. The topological polar surface area (TPSA) is 237 Å². The SMILES string of the molecule is CCCCCCCCCCCCCCCCCC(=O)OC[C@H](COP(=O)(O)OC[C@@H](O)COP(=O)(O)OC[C@@H](COC(=O)CCCCCCCCC)OC(=O)CCCCCCCCCC)OC(=O)CCCCCCCCCCCCCCCCCC(C)C. The van der Waals surface area contributed by atoms with Gasteiger partial charge in [0.1, 0.15) is 19.3 Å². The molecule has 0 amide bonds. The minimum Gasteiger partial charge on any atom is -0.462 e. The highest BCUT2D eigenvalue weighted by Crippen LogP contribution is 2.45. The zero-order chi connectivity index (χ0) is 64.9. The lowest BCUT2D eigenvalue weighted by Crippen LogP contribution is -2.30. The Hall–Kier alpha value is -1.94. The lowest BCUT2D eigenvalue weighted by molar-refractivity contribution is -0.161. The van der Waals surface area contributed by atoms with Gasteiger partial charge in [0, 0.05) is 25.7 Å². The van der Waals surface area contributed by atoms with Gasteiger partial charge in [-0.05, 0) is 31.6 Å². The fraction of sp³-hybridized carbons (Fsp3) is 0.942. The van der Waals surface area contributed by atoms with Crippen LogP contribution in [0.4, 0.5) is 0 Å². The van der Waals surface area contributed by atoms with Gasteiger partial charge in [0.15, 0.2) is 12.2 Å². The van der Waals surface area contributed by atoms with E-state index in [1.54, 1.807) is 0 Å². The molecule has 2 unspecified atom stereocenters. The van der Waals surface area contributed by atoms with Crippen molar-refractivity contribution in [3.63, 3.8) is 0 Å². The molecule has 0 aliphatic heterocycles. The second kappa shape index (κ2) is 62.5. The summed E-state index contributed by atoms with van der Waals surface area (Å²) >= 11 is 0. The minimum absolute atomic E-state index is 0.105. The maximum Gasteiger partial charge on any atom is 0.472 e. The summed E-state index contributed by atoms with van der Waals surface area (Å²) in [5, 5.41) is 10.5. The highest BCUT2D eigenvalue weighted by molar-refractivity contribution is 7.47. The van der Waals surface area contributed by atoms with Crippen molar-refractivity contribution in [2.24, 2.45) is 5.92 Å². The van der Waals surface area contributed by atoms with E-state index in [2.05, 4.69) is 34.6 Å². The molecule has 0 fully saturated rings. The van der Waals surface area contributed by atoms with Crippen molar-refractivity contribution >= 4 is 39.5 Å². The molecule has 522 valence electrons. The third-order valence-corrected chi connectivity index (χ3v) is 17.9. The van der Waals surface area contributed by atoms with Crippen LogP contribution in [0.3, 0.4) is 0 Å². The van der Waals surface area contributed by atoms with Gasteiger partial charge in [-0.25, -0.2) is 9.13 Å². The Balaban J connectivity index is 5.16. The predicted octanol–water partition coefficient (Wildman–Crippen LogP) is 19.7. The van der Waals surface area contributed by atoms with Crippen molar-refractivity contribution in [3.8, 4) is 0 Å². The zero-order valence-corrected chi connectivity index (χ0v) is 58.6. The molecule has 0 aromatic carbocycles. The molecule has 3 N–H and O–H groups in total. The Morgan fingerprint density at radius 2 is 0.523 bits per heavy atom. The molecule has 17 nitrogen and oxygen atoms in total. The maximum absolute atomic E-state index is 13.0. The van der Waals surface area contributed by atoms with E-state index >= 15 is 0 Å². The Labute approximate surface area is 537 Å². The van der Waals surface area contributed by atoms with Crippen molar-refractivity contribution < 1.29 is 80.2 Å². The van der Waals surface area contributed by atoms with E-state index in [1.165, 1.54) is 161 Å². The second-order valence-corrected chi connectivity index (χ2v) is 28.3. The fourth-order valence-corrected chi connectivity index (χ4v) is 12.0. The monoisotopic (exact) mass is 1300 g/mol. The summed E-state index contributed by atoms with van der Waals surface area (Å²) in [4.78, 5) is 72.2. The van der Waals surface area contributed by atoms with Crippen LogP contribution in [0.2, 0.25) is 0 Å². The molecule has 0 aliphatic carbocycles.